The first kappa shape index (κ1) is 14.9. The number of fused-ring (bicyclic) bond motifs is 1. The fraction of sp³-hybridized carbons (Fsp3) is 0.176. The van der Waals surface area contributed by atoms with Crippen molar-refractivity contribution in [3.8, 4) is 11.5 Å². The quantitative estimate of drug-likeness (QED) is 0.680. The highest BCUT2D eigenvalue weighted by atomic mass is 16.6. The third-order valence-electron chi connectivity index (χ3n) is 3.10. The molecule has 23 heavy (non-hydrogen) atoms. The van der Waals surface area contributed by atoms with Gasteiger partial charge < -0.3 is 19.6 Å². The monoisotopic (exact) mass is 312 g/mol. The van der Waals surface area contributed by atoms with Crippen LogP contribution < -0.4 is 14.8 Å². The maximum Gasteiger partial charge on any atom is 0.265 e. The molecule has 1 aliphatic rings. The summed E-state index contributed by atoms with van der Waals surface area (Å²) in [7, 11) is 0. The molecule has 0 atom stereocenters. The third-order valence-corrected chi connectivity index (χ3v) is 3.10. The molecule has 2 aromatic carbocycles. The van der Waals surface area contributed by atoms with Gasteiger partial charge in [-0.25, -0.2) is 0 Å². The Labute approximate surface area is 133 Å². The zero-order valence-corrected chi connectivity index (χ0v) is 12.4. The van der Waals surface area contributed by atoms with Crippen molar-refractivity contribution >= 4 is 17.8 Å². The number of nitrogens with zero attached hydrogens (tertiary/aromatic N) is 1. The van der Waals surface area contributed by atoms with E-state index >= 15 is 0 Å². The van der Waals surface area contributed by atoms with Gasteiger partial charge in [0.2, 0.25) is 0 Å². The SMILES string of the molecule is O=C(CO/N=C\c1ccccc1)Nc1ccc2c(c1)OCCO2. The number of anilines is 1. The fourth-order valence-corrected chi connectivity index (χ4v) is 2.05. The van der Waals surface area contributed by atoms with Gasteiger partial charge in [-0.15, -0.1) is 0 Å². The molecule has 1 amide bonds. The van der Waals surface area contributed by atoms with Crippen LogP contribution in [0.3, 0.4) is 0 Å². The standard InChI is InChI=1S/C17H16N2O4/c20-17(12-23-18-11-13-4-2-1-3-5-13)19-14-6-7-15-16(10-14)22-9-8-21-15/h1-7,10-11H,8-9,12H2,(H,19,20)/b18-11-. The summed E-state index contributed by atoms with van der Waals surface area (Å²) in [5, 5.41) is 6.48. The van der Waals surface area contributed by atoms with E-state index in [-0.39, 0.29) is 12.5 Å². The van der Waals surface area contributed by atoms with Crippen LogP contribution in [-0.4, -0.2) is 31.9 Å². The molecule has 6 nitrogen and oxygen atoms in total. The number of oxime groups is 1. The number of rotatable bonds is 5. The molecule has 0 fully saturated rings. The third kappa shape index (κ3) is 4.23. The summed E-state index contributed by atoms with van der Waals surface area (Å²) in [4.78, 5) is 16.8. The van der Waals surface area contributed by atoms with Gasteiger partial charge in [-0.3, -0.25) is 4.79 Å². The molecule has 0 bridgehead atoms. The van der Waals surface area contributed by atoms with Crippen molar-refractivity contribution in [2.75, 3.05) is 25.1 Å². The van der Waals surface area contributed by atoms with Crippen LogP contribution in [0.4, 0.5) is 5.69 Å². The second-order valence-corrected chi connectivity index (χ2v) is 4.83. The Morgan fingerprint density at radius 3 is 2.74 bits per heavy atom. The summed E-state index contributed by atoms with van der Waals surface area (Å²) in [6, 6.07) is 14.7. The fourth-order valence-electron chi connectivity index (χ4n) is 2.05. The van der Waals surface area contributed by atoms with E-state index in [9.17, 15) is 4.79 Å². The first-order chi connectivity index (χ1) is 11.3. The van der Waals surface area contributed by atoms with Crippen LogP contribution in [-0.2, 0) is 9.63 Å². The van der Waals surface area contributed by atoms with Crippen molar-refractivity contribution in [2.45, 2.75) is 0 Å². The smallest absolute Gasteiger partial charge is 0.265 e. The van der Waals surface area contributed by atoms with Gasteiger partial charge >= 0.3 is 0 Å². The molecule has 3 rings (SSSR count). The first-order valence-corrected chi connectivity index (χ1v) is 7.21. The van der Waals surface area contributed by atoms with Crippen molar-refractivity contribution in [1.82, 2.24) is 0 Å². The van der Waals surface area contributed by atoms with E-state index < -0.39 is 0 Å². The van der Waals surface area contributed by atoms with E-state index in [4.69, 9.17) is 14.3 Å². The number of benzene rings is 2. The Bertz CT molecular complexity index is 701. The molecule has 6 heteroatoms. The van der Waals surface area contributed by atoms with Gasteiger partial charge in [0.15, 0.2) is 18.1 Å². The average Bonchev–Trinajstić information content (AvgIpc) is 2.59. The lowest BCUT2D eigenvalue weighted by molar-refractivity contribution is -0.120. The number of amides is 1. The van der Waals surface area contributed by atoms with Crippen LogP contribution in [0.1, 0.15) is 5.56 Å². The molecular weight excluding hydrogens is 296 g/mol. The largest absolute Gasteiger partial charge is 0.486 e. The molecule has 0 aliphatic carbocycles. The predicted molar refractivity (Wildman–Crippen MR) is 86.0 cm³/mol. The summed E-state index contributed by atoms with van der Waals surface area (Å²) in [6.45, 7) is 0.867. The van der Waals surface area contributed by atoms with Gasteiger partial charge in [0, 0.05) is 11.8 Å². The Balaban J connectivity index is 1.49. The lowest BCUT2D eigenvalue weighted by Crippen LogP contribution is -2.18. The second-order valence-electron chi connectivity index (χ2n) is 4.83. The number of hydrogen-bond donors (Lipinski definition) is 1. The summed E-state index contributed by atoms with van der Waals surface area (Å²) in [5.74, 6) is 1.00. The van der Waals surface area contributed by atoms with Crippen molar-refractivity contribution in [2.24, 2.45) is 5.16 Å². The van der Waals surface area contributed by atoms with Crippen LogP contribution >= 0.6 is 0 Å². The molecule has 2 aromatic rings. The molecule has 0 unspecified atom stereocenters. The minimum absolute atomic E-state index is 0.169. The molecule has 118 valence electrons. The van der Waals surface area contributed by atoms with E-state index in [1.54, 1.807) is 24.4 Å². The normalized spacial score (nSPS) is 12.9. The van der Waals surface area contributed by atoms with E-state index in [1.807, 2.05) is 30.3 Å². The number of carbonyl (C=O) groups is 1. The van der Waals surface area contributed by atoms with Crippen molar-refractivity contribution in [1.29, 1.82) is 0 Å². The first-order valence-electron chi connectivity index (χ1n) is 7.21. The van der Waals surface area contributed by atoms with Gasteiger partial charge in [0.05, 0.1) is 6.21 Å². The highest BCUT2D eigenvalue weighted by Gasteiger charge is 2.12. The van der Waals surface area contributed by atoms with Crippen LogP contribution in [0.2, 0.25) is 0 Å². The second kappa shape index (κ2) is 7.31. The zero-order chi connectivity index (χ0) is 15.9. The molecule has 0 aromatic heterocycles. The molecule has 0 radical (unpaired) electrons. The maximum absolute atomic E-state index is 11.8. The summed E-state index contributed by atoms with van der Waals surface area (Å²) in [5.41, 5.74) is 1.52. The van der Waals surface area contributed by atoms with Crippen molar-refractivity contribution in [3.63, 3.8) is 0 Å². The average molecular weight is 312 g/mol. The Hall–Kier alpha value is -3.02. The number of nitrogens with one attached hydrogen (secondary N) is 1. The minimum atomic E-state index is -0.299. The summed E-state index contributed by atoms with van der Waals surface area (Å²) >= 11 is 0. The predicted octanol–water partition coefficient (Wildman–Crippen LogP) is 2.45. The molecule has 0 saturated carbocycles. The molecule has 0 saturated heterocycles. The van der Waals surface area contributed by atoms with E-state index in [0.717, 1.165) is 5.56 Å². The molecule has 1 aliphatic heterocycles. The Morgan fingerprint density at radius 1 is 1.13 bits per heavy atom. The van der Waals surface area contributed by atoms with Crippen LogP contribution in [0.15, 0.2) is 53.7 Å². The van der Waals surface area contributed by atoms with Gasteiger partial charge in [0.1, 0.15) is 13.2 Å². The van der Waals surface area contributed by atoms with Gasteiger partial charge in [0.25, 0.3) is 5.91 Å². The van der Waals surface area contributed by atoms with Gasteiger partial charge in [-0.1, -0.05) is 35.5 Å². The van der Waals surface area contributed by atoms with E-state index in [0.29, 0.717) is 30.4 Å². The number of carbonyl (C=O) groups excluding carboxylic acids is 1. The minimum Gasteiger partial charge on any atom is -0.486 e. The summed E-state index contributed by atoms with van der Waals surface area (Å²) in [6.07, 6.45) is 1.55. The van der Waals surface area contributed by atoms with Gasteiger partial charge in [-0.2, -0.15) is 0 Å². The Morgan fingerprint density at radius 2 is 1.91 bits per heavy atom. The van der Waals surface area contributed by atoms with E-state index in [2.05, 4.69) is 10.5 Å². The highest BCUT2D eigenvalue weighted by Crippen LogP contribution is 2.32. The van der Waals surface area contributed by atoms with Crippen molar-refractivity contribution in [3.05, 3.63) is 54.1 Å². The van der Waals surface area contributed by atoms with Crippen LogP contribution in [0.25, 0.3) is 0 Å². The maximum atomic E-state index is 11.8. The Kier molecular flexibility index (Phi) is 4.73. The molecular formula is C17H16N2O4. The lowest BCUT2D eigenvalue weighted by atomic mass is 10.2. The molecule has 1 N–H and O–H groups in total. The van der Waals surface area contributed by atoms with Gasteiger partial charge in [-0.05, 0) is 17.7 Å². The van der Waals surface area contributed by atoms with Crippen LogP contribution in [0, 0.1) is 0 Å². The lowest BCUT2D eigenvalue weighted by Gasteiger charge is -2.18. The molecule has 1 heterocycles. The zero-order valence-electron chi connectivity index (χ0n) is 12.4. The number of ether oxygens (including phenoxy) is 2. The number of hydrogen-bond acceptors (Lipinski definition) is 5. The topological polar surface area (TPSA) is 69.2 Å². The van der Waals surface area contributed by atoms with E-state index in [1.165, 1.54) is 0 Å². The highest BCUT2D eigenvalue weighted by molar-refractivity contribution is 5.92. The summed E-state index contributed by atoms with van der Waals surface area (Å²) < 4.78 is 10.9. The molecule has 0 spiro atoms. The van der Waals surface area contributed by atoms with Crippen molar-refractivity contribution < 1.29 is 19.1 Å². The van der Waals surface area contributed by atoms with Crippen LogP contribution in [0.5, 0.6) is 11.5 Å².